The Morgan fingerprint density at radius 3 is 2.14 bits per heavy atom. The normalized spacial score (nSPS) is 10.5. The Kier molecular flexibility index (Phi) is 3.78. The highest BCUT2D eigenvalue weighted by Crippen LogP contribution is 2.37. The van der Waals surface area contributed by atoms with Gasteiger partial charge in [0.25, 0.3) is 5.89 Å². The van der Waals surface area contributed by atoms with Crippen LogP contribution >= 0.6 is 0 Å². The molecule has 1 heterocycles. The van der Waals surface area contributed by atoms with E-state index in [0.717, 1.165) is 5.56 Å². The number of hydrogen-bond acceptors (Lipinski definition) is 5. The van der Waals surface area contributed by atoms with E-state index in [9.17, 15) is 0 Å². The van der Waals surface area contributed by atoms with Crippen molar-refractivity contribution in [3.63, 3.8) is 0 Å². The minimum absolute atomic E-state index is 0.366. The van der Waals surface area contributed by atoms with Crippen molar-refractivity contribution in [2.75, 3.05) is 14.2 Å². The van der Waals surface area contributed by atoms with Crippen LogP contribution in [0.2, 0.25) is 0 Å². The molecule has 0 N–H and O–H groups in total. The van der Waals surface area contributed by atoms with Crippen molar-refractivity contribution in [3.05, 3.63) is 48.0 Å². The van der Waals surface area contributed by atoms with Crippen molar-refractivity contribution in [2.24, 2.45) is 0 Å². The van der Waals surface area contributed by atoms with Crippen LogP contribution in [0.25, 0.3) is 22.8 Å². The first-order valence-corrected chi connectivity index (χ1v) is 6.85. The fourth-order valence-corrected chi connectivity index (χ4v) is 2.21. The first kappa shape index (κ1) is 14.1. The summed E-state index contributed by atoms with van der Waals surface area (Å²) in [6.45, 7) is 2.03. The third-order valence-corrected chi connectivity index (χ3v) is 3.38. The van der Waals surface area contributed by atoms with Crippen LogP contribution in [0.4, 0.5) is 0 Å². The summed E-state index contributed by atoms with van der Waals surface area (Å²) >= 11 is 0. The van der Waals surface area contributed by atoms with Crippen LogP contribution in [-0.2, 0) is 0 Å². The standard InChI is InChI=1S/C17H16N2O3/c1-11-7-9-12(10-8-11)16-18-17(22-19-16)15-13(20-2)5-4-6-14(15)21-3/h4-10H,1-3H3. The number of nitrogens with zero attached hydrogens (tertiary/aromatic N) is 2. The van der Waals surface area contributed by atoms with Gasteiger partial charge >= 0.3 is 0 Å². The van der Waals surface area contributed by atoms with Crippen LogP contribution in [-0.4, -0.2) is 24.4 Å². The highest BCUT2D eigenvalue weighted by molar-refractivity contribution is 5.72. The Labute approximate surface area is 128 Å². The number of benzene rings is 2. The van der Waals surface area contributed by atoms with E-state index in [4.69, 9.17) is 14.0 Å². The molecule has 3 rings (SSSR count). The number of aryl methyl sites for hydroxylation is 1. The number of aromatic nitrogens is 2. The maximum absolute atomic E-state index is 5.40. The summed E-state index contributed by atoms with van der Waals surface area (Å²) in [5.41, 5.74) is 2.73. The number of rotatable bonds is 4. The van der Waals surface area contributed by atoms with Crippen molar-refractivity contribution >= 4 is 0 Å². The van der Waals surface area contributed by atoms with Gasteiger partial charge in [-0.2, -0.15) is 4.98 Å². The van der Waals surface area contributed by atoms with Crippen LogP contribution in [0.15, 0.2) is 47.0 Å². The molecule has 5 nitrogen and oxygen atoms in total. The van der Waals surface area contributed by atoms with Crippen LogP contribution in [0.3, 0.4) is 0 Å². The SMILES string of the molecule is COc1cccc(OC)c1-c1nc(-c2ccc(C)cc2)no1. The molecular formula is C17H16N2O3. The smallest absolute Gasteiger partial charge is 0.265 e. The Balaban J connectivity index is 2.06. The monoisotopic (exact) mass is 296 g/mol. The van der Waals surface area contributed by atoms with E-state index in [2.05, 4.69) is 10.1 Å². The molecule has 0 fully saturated rings. The lowest BCUT2D eigenvalue weighted by Crippen LogP contribution is -1.93. The molecule has 0 atom stereocenters. The van der Waals surface area contributed by atoms with Crippen molar-refractivity contribution in [1.82, 2.24) is 10.1 Å². The Hall–Kier alpha value is -2.82. The molecule has 0 aliphatic carbocycles. The summed E-state index contributed by atoms with van der Waals surface area (Å²) < 4.78 is 16.1. The molecule has 0 bridgehead atoms. The molecule has 1 aromatic heterocycles. The third kappa shape index (κ3) is 2.53. The second-order valence-corrected chi connectivity index (χ2v) is 4.83. The minimum atomic E-state index is 0.366. The summed E-state index contributed by atoms with van der Waals surface area (Å²) in [5.74, 6) is 2.14. The number of methoxy groups -OCH3 is 2. The van der Waals surface area contributed by atoms with Gasteiger partial charge in [-0.25, -0.2) is 0 Å². The molecule has 0 amide bonds. The van der Waals surface area contributed by atoms with E-state index in [1.54, 1.807) is 14.2 Å². The molecular weight excluding hydrogens is 280 g/mol. The first-order chi connectivity index (χ1) is 10.7. The van der Waals surface area contributed by atoms with Crippen molar-refractivity contribution < 1.29 is 14.0 Å². The zero-order chi connectivity index (χ0) is 15.5. The molecule has 0 radical (unpaired) electrons. The van der Waals surface area contributed by atoms with E-state index in [1.807, 2.05) is 49.4 Å². The van der Waals surface area contributed by atoms with Crippen molar-refractivity contribution in [2.45, 2.75) is 6.92 Å². The minimum Gasteiger partial charge on any atom is -0.496 e. The van der Waals surface area contributed by atoms with Gasteiger partial charge in [-0.1, -0.05) is 41.1 Å². The molecule has 0 aliphatic rings. The lowest BCUT2D eigenvalue weighted by molar-refractivity contribution is 0.386. The number of hydrogen-bond donors (Lipinski definition) is 0. The van der Waals surface area contributed by atoms with Crippen molar-refractivity contribution in [3.8, 4) is 34.3 Å². The predicted molar refractivity (Wildman–Crippen MR) is 83.0 cm³/mol. The van der Waals surface area contributed by atoms with Gasteiger partial charge in [0.15, 0.2) is 0 Å². The summed E-state index contributed by atoms with van der Waals surface area (Å²) in [7, 11) is 3.19. The Morgan fingerprint density at radius 1 is 0.909 bits per heavy atom. The molecule has 5 heteroatoms. The van der Waals surface area contributed by atoms with Gasteiger partial charge in [0.1, 0.15) is 17.1 Å². The Bertz CT molecular complexity index is 757. The third-order valence-electron chi connectivity index (χ3n) is 3.38. The average molecular weight is 296 g/mol. The van der Waals surface area contributed by atoms with E-state index in [-0.39, 0.29) is 0 Å². The molecule has 0 spiro atoms. The second-order valence-electron chi connectivity index (χ2n) is 4.83. The van der Waals surface area contributed by atoms with Crippen LogP contribution in [0.1, 0.15) is 5.56 Å². The van der Waals surface area contributed by atoms with Crippen molar-refractivity contribution in [1.29, 1.82) is 0 Å². The lowest BCUT2D eigenvalue weighted by Gasteiger charge is -2.09. The fraction of sp³-hybridized carbons (Fsp3) is 0.176. The van der Waals surface area contributed by atoms with E-state index >= 15 is 0 Å². The lowest BCUT2D eigenvalue weighted by atomic mass is 10.1. The second kappa shape index (κ2) is 5.89. The maximum atomic E-state index is 5.40. The van der Waals surface area contributed by atoms with Gasteiger partial charge in [0.05, 0.1) is 14.2 Å². The quantitative estimate of drug-likeness (QED) is 0.734. The molecule has 0 saturated heterocycles. The summed E-state index contributed by atoms with van der Waals surface area (Å²) in [6, 6.07) is 13.4. The first-order valence-electron chi connectivity index (χ1n) is 6.85. The van der Waals surface area contributed by atoms with Gasteiger partial charge in [-0.15, -0.1) is 0 Å². The van der Waals surface area contributed by atoms with Crippen LogP contribution < -0.4 is 9.47 Å². The van der Waals surface area contributed by atoms with Gasteiger partial charge < -0.3 is 14.0 Å². The molecule has 22 heavy (non-hydrogen) atoms. The summed E-state index contributed by atoms with van der Waals surface area (Å²) in [5, 5.41) is 4.05. The van der Waals surface area contributed by atoms with E-state index < -0.39 is 0 Å². The predicted octanol–water partition coefficient (Wildman–Crippen LogP) is 3.73. The Morgan fingerprint density at radius 2 is 1.55 bits per heavy atom. The average Bonchev–Trinajstić information content (AvgIpc) is 3.04. The molecule has 0 aliphatic heterocycles. The summed E-state index contributed by atoms with van der Waals surface area (Å²) in [4.78, 5) is 4.46. The van der Waals surface area contributed by atoms with Crippen LogP contribution in [0.5, 0.6) is 11.5 Å². The highest BCUT2D eigenvalue weighted by atomic mass is 16.5. The zero-order valence-corrected chi connectivity index (χ0v) is 12.7. The maximum Gasteiger partial charge on any atom is 0.265 e. The molecule has 2 aromatic carbocycles. The molecule has 112 valence electrons. The van der Waals surface area contributed by atoms with Crippen LogP contribution in [0, 0.1) is 6.92 Å². The van der Waals surface area contributed by atoms with Gasteiger partial charge in [0.2, 0.25) is 5.82 Å². The van der Waals surface area contributed by atoms with Gasteiger partial charge in [0, 0.05) is 5.56 Å². The van der Waals surface area contributed by atoms with E-state index in [0.29, 0.717) is 28.8 Å². The fourth-order valence-electron chi connectivity index (χ4n) is 2.21. The zero-order valence-electron chi connectivity index (χ0n) is 12.7. The van der Waals surface area contributed by atoms with E-state index in [1.165, 1.54) is 5.56 Å². The van der Waals surface area contributed by atoms with Gasteiger partial charge in [-0.3, -0.25) is 0 Å². The van der Waals surface area contributed by atoms with Gasteiger partial charge in [-0.05, 0) is 19.1 Å². The molecule has 3 aromatic rings. The largest absolute Gasteiger partial charge is 0.496 e. The molecule has 0 saturated carbocycles. The topological polar surface area (TPSA) is 57.4 Å². The molecule has 0 unspecified atom stereocenters. The summed E-state index contributed by atoms with van der Waals surface area (Å²) in [6.07, 6.45) is 0. The highest BCUT2D eigenvalue weighted by Gasteiger charge is 2.19. The number of ether oxygens (including phenoxy) is 2.